The number of methoxy groups -OCH3 is 1. The molecule has 0 radical (unpaired) electrons. The molecule has 0 spiro atoms. The summed E-state index contributed by atoms with van der Waals surface area (Å²) in [5.74, 6) is -1.37. The van der Waals surface area contributed by atoms with E-state index in [0.29, 0.717) is 0 Å². The lowest BCUT2D eigenvalue weighted by atomic mass is 10.2. The second-order valence-corrected chi connectivity index (χ2v) is 3.15. The zero-order valence-corrected chi connectivity index (χ0v) is 8.72. The SMILES string of the molecule is COC(=O)c1cc(Cl)cc(OC(F)(F)F)c1. The maximum Gasteiger partial charge on any atom is 0.573 e. The molecule has 0 aliphatic carbocycles. The van der Waals surface area contributed by atoms with E-state index in [1.54, 1.807) is 0 Å². The first-order chi connectivity index (χ1) is 7.31. The summed E-state index contributed by atoms with van der Waals surface area (Å²) < 4.78 is 43.7. The van der Waals surface area contributed by atoms with Gasteiger partial charge in [0.15, 0.2) is 0 Å². The predicted octanol–water partition coefficient (Wildman–Crippen LogP) is 3.03. The lowest BCUT2D eigenvalue weighted by molar-refractivity contribution is -0.274. The van der Waals surface area contributed by atoms with Gasteiger partial charge in [-0.05, 0) is 18.2 Å². The lowest BCUT2D eigenvalue weighted by Crippen LogP contribution is -2.17. The number of rotatable bonds is 2. The minimum absolute atomic E-state index is 0.0536. The molecule has 0 unspecified atom stereocenters. The van der Waals surface area contributed by atoms with Crippen molar-refractivity contribution in [2.45, 2.75) is 6.36 Å². The monoisotopic (exact) mass is 254 g/mol. The van der Waals surface area contributed by atoms with Crippen molar-refractivity contribution >= 4 is 17.6 Å². The quantitative estimate of drug-likeness (QED) is 0.761. The van der Waals surface area contributed by atoms with Crippen LogP contribution in [0.5, 0.6) is 5.75 Å². The summed E-state index contributed by atoms with van der Waals surface area (Å²) in [5.41, 5.74) is -0.116. The molecule has 7 heteroatoms. The van der Waals surface area contributed by atoms with Gasteiger partial charge in [0.25, 0.3) is 0 Å². The summed E-state index contributed by atoms with van der Waals surface area (Å²) >= 11 is 5.52. The van der Waals surface area contributed by atoms with Crippen LogP contribution in [-0.4, -0.2) is 19.4 Å². The molecule has 0 amide bonds. The number of halogens is 4. The fraction of sp³-hybridized carbons (Fsp3) is 0.222. The number of esters is 1. The predicted molar refractivity (Wildman–Crippen MR) is 49.5 cm³/mol. The highest BCUT2D eigenvalue weighted by Crippen LogP contribution is 2.27. The molecule has 0 aliphatic heterocycles. The largest absolute Gasteiger partial charge is 0.573 e. The van der Waals surface area contributed by atoms with Crippen LogP contribution in [0, 0.1) is 0 Å². The van der Waals surface area contributed by atoms with Gasteiger partial charge < -0.3 is 9.47 Å². The van der Waals surface area contributed by atoms with Crippen molar-refractivity contribution in [2.75, 3.05) is 7.11 Å². The Balaban J connectivity index is 3.03. The zero-order valence-electron chi connectivity index (χ0n) is 7.97. The molecule has 0 saturated carbocycles. The molecule has 1 rings (SSSR count). The van der Waals surface area contributed by atoms with Gasteiger partial charge >= 0.3 is 12.3 Å². The third-order valence-electron chi connectivity index (χ3n) is 1.53. The Labute approximate surface area is 93.7 Å². The van der Waals surface area contributed by atoms with Crippen molar-refractivity contribution in [3.8, 4) is 5.75 Å². The molecular formula is C9H6ClF3O3. The van der Waals surface area contributed by atoms with Crippen LogP contribution in [0.25, 0.3) is 0 Å². The van der Waals surface area contributed by atoms with Crippen LogP contribution < -0.4 is 4.74 Å². The van der Waals surface area contributed by atoms with E-state index in [-0.39, 0.29) is 10.6 Å². The van der Waals surface area contributed by atoms with E-state index in [1.807, 2.05) is 0 Å². The highest BCUT2D eigenvalue weighted by Gasteiger charge is 2.31. The Hall–Kier alpha value is -1.43. The maximum absolute atomic E-state index is 11.9. The van der Waals surface area contributed by atoms with Crippen LogP contribution in [0.3, 0.4) is 0 Å². The summed E-state index contributed by atoms with van der Waals surface area (Å²) in [6, 6.07) is 3.02. The molecule has 0 saturated heterocycles. The molecule has 3 nitrogen and oxygen atoms in total. The normalized spacial score (nSPS) is 11.1. The van der Waals surface area contributed by atoms with E-state index < -0.39 is 18.1 Å². The fourth-order valence-electron chi connectivity index (χ4n) is 0.991. The Morgan fingerprint density at radius 2 is 1.94 bits per heavy atom. The summed E-state index contributed by atoms with van der Waals surface area (Å²) in [6.45, 7) is 0. The first kappa shape index (κ1) is 12.6. The van der Waals surface area contributed by atoms with Crippen molar-refractivity contribution < 1.29 is 27.4 Å². The molecule has 0 atom stereocenters. The minimum atomic E-state index is -4.84. The van der Waals surface area contributed by atoms with Gasteiger partial charge in [-0.15, -0.1) is 13.2 Å². The summed E-state index contributed by atoms with van der Waals surface area (Å²) in [7, 11) is 1.10. The molecule has 1 aromatic carbocycles. The molecule has 1 aromatic rings. The minimum Gasteiger partial charge on any atom is -0.465 e. The average molecular weight is 255 g/mol. The summed E-state index contributed by atoms with van der Waals surface area (Å²) in [5, 5.41) is -0.0536. The van der Waals surface area contributed by atoms with Crippen LogP contribution in [0.2, 0.25) is 5.02 Å². The van der Waals surface area contributed by atoms with Gasteiger partial charge in [0.05, 0.1) is 12.7 Å². The van der Waals surface area contributed by atoms with Crippen molar-refractivity contribution in [1.29, 1.82) is 0 Å². The number of alkyl halides is 3. The van der Waals surface area contributed by atoms with Gasteiger partial charge in [-0.25, -0.2) is 4.79 Å². The molecular weight excluding hydrogens is 249 g/mol. The first-order valence-corrected chi connectivity index (χ1v) is 4.34. The number of hydrogen-bond donors (Lipinski definition) is 0. The van der Waals surface area contributed by atoms with E-state index in [1.165, 1.54) is 6.07 Å². The number of hydrogen-bond acceptors (Lipinski definition) is 3. The Kier molecular flexibility index (Phi) is 3.64. The van der Waals surface area contributed by atoms with Crippen LogP contribution >= 0.6 is 11.6 Å². The Morgan fingerprint density at radius 1 is 1.31 bits per heavy atom. The van der Waals surface area contributed by atoms with Crippen LogP contribution in [-0.2, 0) is 4.74 Å². The van der Waals surface area contributed by atoms with Crippen molar-refractivity contribution in [2.24, 2.45) is 0 Å². The molecule has 88 valence electrons. The van der Waals surface area contributed by atoms with E-state index in [2.05, 4.69) is 9.47 Å². The molecule has 0 heterocycles. The topological polar surface area (TPSA) is 35.5 Å². The number of carbonyl (C=O) groups is 1. The molecule has 16 heavy (non-hydrogen) atoms. The number of carbonyl (C=O) groups excluding carboxylic acids is 1. The smallest absolute Gasteiger partial charge is 0.465 e. The van der Waals surface area contributed by atoms with E-state index >= 15 is 0 Å². The van der Waals surface area contributed by atoms with Crippen LogP contribution in [0.15, 0.2) is 18.2 Å². The van der Waals surface area contributed by atoms with Crippen LogP contribution in [0.1, 0.15) is 10.4 Å². The average Bonchev–Trinajstić information content (AvgIpc) is 2.12. The van der Waals surface area contributed by atoms with Gasteiger partial charge in [-0.2, -0.15) is 0 Å². The third-order valence-corrected chi connectivity index (χ3v) is 1.74. The standard InChI is InChI=1S/C9H6ClF3O3/c1-15-8(14)5-2-6(10)4-7(3-5)16-9(11,12)13/h2-4H,1H3. The summed E-state index contributed by atoms with van der Waals surface area (Å²) in [6.07, 6.45) is -4.84. The highest BCUT2D eigenvalue weighted by molar-refractivity contribution is 6.31. The van der Waals surface area contributed by atoms with Crippen molar-refractivity contribution in [3.63, 3.8) is 0 Å². The Morgan fingerprint density at radius 3 is 2.44 bits per heavy atom. The molecule has 0 N–H and O–H groups in total. The van der Waals surface area contributed by atoms with Crippen molar-refractivity contribution in [3.05, 3.63) is 28.8 Å². The third kappa shape index (κ3) is 3.62. The second kappa shape index (κ2) is 4.61. The number of benzene rings is 1. The van der Waals surface area contributed by atoms with Crippen molar-refractivity contribution in [1.82, 2.24) is 0 Å². The molecule has 0 aliphatic rings. The van der Waals surface area contributed by atoms with E-state index in [0.717, 1.165) is 19.2 Å². The summed E-state index contributed by atoms with van der Waals surface area (Å²) in [4.78, 5) is 11.1. The molecule has 0 aromatic heterocycles. The van der Waals surface area contributed by atoms with Crippen LogP contribution in [0.4, 0.5) is 13.2 Å². The highest BCUT2D eigenvalue weighted by atomic mass is 35.5. The fourth-order valence-corrected chi connectivity index (χ4v) is 1.22. The number of ether oxygens (including phenoxy) is 2. The molecule has 0 bridgehead atoms. The maximum atomic E-state index is 11.9. The zero-order chi connectivity index (χ0) is 12.3. The van der Waals surface area contributed by atoms with Gasteiger partial charge in [0.2, 0.25) is 0 Å². The van der Waals surface area contributed by atoms with Gasteiger partial charge in [0, 0.05) is 5.02 Å². The second-order valence-electron chi connectivity index (χ2n) is 2.71. The lowest BCUT2D eigenvalue weighted by Gasteiger charge is -2.10. The van der Waals surface area contributed by atoms with Gasteiger partial charge in [-0.1, -0.05) is 11.6 Å². The Bertz CT molecular complexity index is 403. The van der Waals surface area contributed by atoms with E-state index in [4.69, 9.17) is 11.6 Å². The van der Waals surface area contributed by atoms with Gasteiger partial charge in [-0.3, -0.25) is 0 Å². The van der Waals surface area contributed by atoms with E-state index in [9.17, 15) is 18.0 Å². The molecule has 0 fully saturated rings. The van der Waals surface area contributed by atoms with Gasteiger partial charge in [0.1, 0.15) is 5.75 Å². The first-order valence-electron chi connectivity index (χ1n) is 3.96.